The molecule has 0 aromatic heterocycles. The Kier molecular flexibility index (Phi) is 3.60. The topological polar surface area (TPSA) is 0 Å². The molecule has 0 nitrogen and oxygen atoms in total. The van der Waals surface area contributed by atoms with E-state index in [4.69, 9.17) is 11.6 Å². The molecule has 0 unspecified atom stereocenters. The number of hydrogen-bond acceptors (Lipinski definition) is 0. The van der Waals surface area contributed by atoms with Crippen LogP contribution in [0.4, 0.5) is 0 Å². The lowest BCUT2D eigenvalue weighted by Crippen LogP contribution is -2.11. The van der Waals surface area contributed by atoms with Gasteiger partial charge in [-0.15, -0.1) is 11.6 Å². The van der Waals surface area contributed by atoms with Gasteiger partial charge in [-0.2, -0.15) is 0 Å². The number of aryl methyl sites for hydroxylation is 1. The summed E-state index contributed by atoms with van der Waals surface area (Å²) < 4.78 is 0. The van der Waals surface area contributed by atoms with Crippen molar-refractivity contribution in [1.82, 2.24) is 0 Å². The van der Waals surface area contributed by atoms with Crippen molar-refractivity contribution >= 4 is 11.6 Å². The van der Waals surface area contributed by atoms with Crippen molar-refractivity contribution in [2.45, 2.75) is 45.4 Å². The van der Waals surface area contributed by atoms with Crippen LogP contribution in [0.1, 0.15) is 44.4 Å². The Morgan fingerprint density at radius 1 is 1.14 bits per heavy atom. The Balaban J connectivity index is 3.14. The van der Waals surface area contributed by atoms with Gasteiger partial charge in [0.15, 0.2) is 0 Å². The lowest BCUT2D eigenvalue weighted by atomic mass is 9.85. The molecule has 0 aliphatic carbocycles. The third-order valence-electron chi connectivity index (χ3n) is 2.60. The van der Waals surface area contributed by atoms with Crippen LogP contribution in [-0.4, -0.2) is 0 Å². The molecule has 0 aliphatic heterocycles. The second kappa shape index (κ2) is 4.35. The predicted octanol–water partition coefficient (Wildman–Crippen LogP) is 4.29. The van der Waals surface area contributed by atoms with E-state index < -0.39 is 0 Å². The normalized spacial score (nSPS) is 11.8. The van der Waals surface area contributed by atoms with Gasteiger partial charge in [-0.25, -0.2) is 0 Å². The molecule has 0 fully saturated rings. The summed E-state index contributed by atoms with van der Waals surface area (Å²) in [5.41, 5.74) is 4.23. The van der Waals surface area contributed by atoms with E-state index in [1.54, 1.807) is 0 Å². The van der Waals surface area contributed by atoms with Crippen molar-refractivity contribution < 1.29 is 0 Å². The highest BCUT2D eigenvalue weighted by Gasteiger charge is 2.14. The van der Waals surface area contributed by atoms with Gasteiger partial charge in [-0.1, -0.05) is 45.9 Å². The van der Waals surface area contributed by atoms with Gasteiger partial charge < -0.3 is 0 Å². The third-order valence-corrected chi connectivity index (χ3v) is 2.89. The zero-order valence-corrected chi connectivity index (χ0v) is 10.3. The third kappa shape index (κ3) is 2.51. The van der Waals surface area contributed by atoms with E-state index in [1.807, 2.05) is 0 Å². The molecule has 0 spiro atoms. The summed E-state index contributed by atoms with van der Waals surface area (Å²) in [5, 5.41) is 0. The van der Waals surface area contributed by atoms with Crippen LogP contribution in [0.5, 0.6) is 0 Å². The van der Waals surface area contributed by atoms with E-state index in [9.17, 15) is 0 Å². The highest BCUT2D eigenvalue weighted by atomic mass is 35.5. The summed E-state index contributed by atoms with van der Waals surface area (Å²) in [6.07, 6.45) is 1.06. The molecule has 1 aromatic rings. The fourth-order valence-corrected chi connectivity index (χ4v) is 1.81. The van der Waals surface area contributed by atoms with Crippen molar-refractivity contribution in [3.8, 4) is 0 Å². The molecule has 0 radical (unpaired) electrons. The molecular formula is C13H19Cl. The fraction of sp³-hybridized carbons (Fsp3) is 0.538. The van der Waals surface area contributed by atoms with E-state index in [0.29, 0.717) is 5.88 Å². The van der Waals surface area contributed by atoms with Gasteiger partial charge in [-0.05, 0) is 28.5 Å². The van der Waals surface area contributed by atoms with Crippen molar-refractivity contribution in [1.29, 1.82) is 0 Å². The molecule has 0 aliphatic rings. The lowest BCUT2D eigenvalue weighted by molar-refractivity contribution is 0.589. The largest absolute Gasteiger partial charge is 0.122 e. The van der Waals surface area contributed by atoms with Gasteiger partial charge in [0.1, 0.15) is 0 Å². The van der Waals surface area contributed by atoms with Gasteiger partial charge in [-0.3, -0.25) is 0 Å². The highest BCUT2D eigenvalue weighted by Crippen LogP contribution is 2.25. The zero-order valence-electron chi connectivity index (χ0n) is 9.52. The molecule has 0 saturated heterocycles. The van der Waals surface area contributed by atoms with Crippen LogP contribution < -0.4 is 0 Å². The maximum absolute atomic E-state index is 5.93. The van der Waals surface area contributed by atoms with Crippen LogP contribution in [0.15, 0.2) is 18.2 Å². The van der Waals surface area contributed by atoms with E-state index in [2.05, 4.69) is 45.9 Å². The quantitative estimate of drug-likeness (QED) is 0.639. The molecule has 1 aromatic carbocycles. The first-order valence-electron chi connectivity index (χ1n) is 5.17. The monoisotopic (exact) mass is 210 g/mol. The number of rotatable bonds is 2. The fourth-order valence-electron chi connectivity index (χ4n) is 1.56. The Morgan fingerprint density at radius 2 is 1.79 bits per heavy atom. The molecule has 0 amide bonds. The molecule has 0 N–H and O–H groups in total. The van der Waals surface area contributed by atoms with Gasteiger partial charge >= 0.3 is 0 Å². The number of benzene rings is 1. The van der Waals surface area contributed by atoms with Crippen LogP contribution in [0.3, 0.4) is 0 Å². The Morgan fingerprint density at radius 3 is 2.21 bits per heavy atom. The standard InChI is InChI=1S/C13H19Cl/c1-5-10-6-7-12(13(2,3)4)8-11(10)9-14/h6-8H,5,9H2,1-4H3. The van der Waals surface area contributed by atoms with Gasteiger partial charge in [0.25, 0.3) is 0 Å². The number of halogens is 1. The van der Waals surface area contributed by atoms with Crippen molar-refractivity contribution in [3.63, 3.8) is 0 Å². The van der Waals surface area contributed by atoms with E-state index >= 15 is 0 Å². The van der Waals surface area contributed by atoms with Crippen LogP contribution in [0.2, 0.25) is 0 Å². The minimum absolute atomic E-state index is 0.215. The number of alkyl halides is 1. The van der Waals surface area contributed by atoms with E-state index in [0.717, 1.165) is 6.42 Å². The Labute approximate surface area is 92.3 Å². The first kappa shape index (κ1) is 11.6. The summed E-state index contributed by atoms with van der Waals surface area (Å²) in [6.45, 7) is 8.85. The maximum atomic E-state index is 5.93. The Bertz CT molecular complexity index is 308. The summed E-state index contributed by atoms with van der Waals surface area (Å²) in [5.74, 6) is 0.618. The van der Waals surface area contributed by atoms with Crippen LogP contribution >= 0.6 is 11.6 Å². The molecule has 1 rings (SSSR count). The second-order valence-electron chi connectivity index (χ2n) is 4.72. The Hall–Kier alpha value is -0.490. The first-order chi connectivity index (χ1) is 6.49. The molecule has 78 valence electrons. The predicted molar refractivity (Wildman–Crippen MR) is 64.1 cm³/mol. The lowest BCUT2D eigenvalue weighted by Gasteiger charge is -2.20. The maximum Gasteiger partial charge on any atom is 0.0476 e. The van der Waals surface area contributed by atoms with Crippen LogP contribution in [0, 0.1) is 0 Å². The summed E-state index contributed by atoms with van der Waals surface area (Å²) >= 11 is 5.93. The molecular weight excluding hydrogens is 192 g/mol. The summed E-state index contributed by atoms with van der Waals surface area (Å²) in [4.78, 5) is 0. The molecule has 0 atom stereocenters. The van der Waals surface area contributed by atoms with E-state index in [-0.39, 0.29) is 5.41 Å². The summed E-state index contributed by atoms with van der Waals surface area (Å²) in [7, 11) is 0. The van der Waals surface area contributed by atoms with Gasteiger partial charge in [0.2, 0.25) is 0 Å². The van der Waals surface area contributed by atoms with E-state index in [1.165, 1.54) is 16.7 Å². The van der Waals surface area contributed by atoms with Crippen LogP contribution in [-0.2, 0) is 17.7 Å². The molecule has 0 saturated carbocycles. The average Bonchev–Trinajstić information content (AvgIpc) is 2.15. The van der Waals surface area contributed by atoms with Gasteiger partial charge in [0.05, 0.1) is 0 Å². The van der Waals surface area contributed by atoms with Crippen molar-refractivity contribution in [2.24, 2.45) is 0 Å². The highest BCUT2D eigenvalue weighted by molar-refractivity contribution is 6.17. The number of hydrogen-bond donors (Lipinski definition) is 0. The minimum atomic E-state index is 0.215. The minimum Gasteiger partial charge on any atom is -0.122 e. The van der Waals surface area contributed by atoms with Crippen molar-refractivity contribution in [3.05, 3.63) is 34.9 Å². The molecule has 1 heteroatoms. The smallest absolute Gasteiger partial charge is 0.0476 e. The zero-order chi connectivity index (χ0) is 10.8. The molecule has 14 heavy (non-hydrogen) atoms. The molecule has 0 bridgehead atoms. The SMILES string of the molecule is CCc1ccc(C(C)(C)C)cc1CCl. The summed E-state index contributed by atoms with van der Waals surface area (Å²) in [6, 6.07) is 6.67. The van der Waals surface area contributed by atoms with Gasteiger partial charge in [0, 0.05) is 5.88 Å². The second-order valence-corrected chi connectivity index (χ2v) is 4.99. The van der Waals surface area contributed by atoms with Crippen LogP contribution in [0.25, 0.3) is 0 Å². The first-order valence-corrected chi connectivity index (χ1v) is 5.70. The average molecular weight is 211 g/mol. The van der Waals surface area contributed by atoms with Crippen molar-refractivity contribution in [2.75, 3.05) is 0 Å². The molecule has 0 heterocycles.